The molecule has 0 aliphatic heterocycles. The van der Waals surface area contributed by atoms with E-state index in [1.54, 1.807) is 24.3 Å². The molecule has 6 heteroatoms. The molecule has 1 heterocycles. The van der Waals surface area contributed by atoms with Crippen molar-refractivity contribution < 1.29 is 13.5 Å². The number of benzene rings is 1. The minimum atomic E-state index is -2.62. The smallest absolute Gasteiger partial charge is 0.320 e. The average molecular weight is 259 g/mol. The number of rotatable bonds is 4. The molecule has 0 unspecified atom stereocenters. The Bertz CT molecular complexity index is 502. The number of hydrogen-bond donors (Lipinski definition) is 0. The van der Waals surface area contributed by atoms with E-state index in [4.69, 9.17) is 16.3 Å². The third-order valence-corrected chi connectivity index (χ3v) is 2.46. The van der Waals surface area contributed by atoms with Crippen LogP contribution in [-0.2, 0) is 6.61 Å². The topological polar surface area (TPSA) is 27.1 Å². The molecule has 0 aliphatic carbocycles. The molecule has 2 rings (SSSR count). The second-order valence-corrected chi connectivity index (χ2v) is 3.65. The van der Waals surface area contributed by atoms with E-state index in [0.29, 0.717) is 10.8 Å². The number of hydrogen-bond acceptors (Lipinski definition) is 2. The molecular weight excluding hydrogens is 250 g/mol. The van der Waals surface area contributed by atoms with Crippen LogP contribution in [0.15, 0.2) is 36.7 Å². The van der Waals surface area contributed by atoms with E-state index in [9.17, 15) is 8.78 Å². The lowest BCUT2D eigenvalue weighted by Crippen LogP contribution is -2.07. The lowest BCUT2D eigenvalue weighted by Gasteiger charge is -2.09. The fraction of sp³-hybridized carbons (Fsp3) is 0.182. The van der Waals surface area contributed by atoms with Crippen LogP contribution in [0.3, 0.4) is 0 Å². The molecule has 0 fully saturated rings. The number of nitrogens with zero attached hydrogens (tertiary/aromatic N) is 2. The Morgan fingerprint density at radius 3 is 2.82 bits per heavy atom. The highest BCUT2D eigenvalue weighted by Gasteiger charge is 2.12. The van der Waals surface area contributed by atoms with Crippen LogP contribution in [0.25, 0.3) is 0 Å². The lowest BCUT2D eigenvalue weighted by molar-refractivity contribution is 0.0632. The first kappa shape index (κ1) is 11.9. The van der Waals surface area contributed by atoms with E-state index in [1.807, 2.05) is 0 Å². The quantitative estimate of drug-likeness (QED) is 0.839. The third kappa shape index (κ3) is 2.74. The van der Waals surface area contributed by atoms with E-state index < -0.39 is 6.55 Å². The fourth-order valence-electron chi connectivity index (χ4n) is 1.34. The van der Waals surface area contributed by atoms with Crippen molar-refractivity contribution in [3.8, 4) is 5.75 Å². The molecule has 0 amide bonds. The summed E-state index contributed by atoms with van der Waals surface area (Å²) in [6.07, 6.45) is 2.51. The predicted octanol–water partition coefficient (Wildman–Crippen LogP) is 3.51. The van der Waals surface area contributed by atoms with Crippen molar-refractivity contribution in [2.45, 2.75) is 13.2 Å². The Kier molecular flexibility index (Phi) is 3.58. The third-order valence-electron chi connectivity index (χ3n) is 2.15. The van der Waals surface area contributed by atoms with Gasteiger partial charge in [-0.15, -0.1) is 0 Å². The Morgan fingerprint density at radius 2 is 2.12 bits per heavy atom. The number of halogens is 3. The SMILES string of the molecule is FC(F)n1ccnc1COc1ccccc1Cl. The van der Waals surface area contributed by atoms with Crippen LogP contribution in [0.5, 0.6) is 5.75 Å². The van der Waals surface area contributed by atoms with Crippen molar-refractivity contribution >= 4 is 11.6 Å². The van der Waals surface area contributed by atoms with Gasteiger partial charge in [-0.05, 0) is 12.1 Å². The number of imidazole rings is 1. The summed E-state index contributed by atoms with van der Waals surface area (Å²) in [4.78, 5) is 3.80. The fourth-order valence-corrected chi connectivity index (χ4v) is 1.53. The van der Waals surface area contributed by atoms with Crippen LogP contribution in [-0.4, -0.2) is 9.55 Å². The van der Waals surface area contributed by atoms with Crippen LogP contribution in [0.1, 0.15) is 12.4 Å². The minimum Gasteiger partial charge on any atom is -0.484 e. The van der Waals surface area contributed by atoms with Crippen LogP contribution >= 0.6 is 11.6 Å². The van der Waals surface area contributed by atoms with Gasteiger partial charge in [0, 0.05) is 12.4 Å². The van der Waals surface area contributed by atoms with Gasteiger partial charge >= 0.3 is 6.55 Å². The molecule has 0 bridgehead atoms. The van der Waals surface area contributed by atoms with Crippen molar-refractivity contribution in [2.24, 2.45) is 0 Å². The zero-order valence-corrected chi connectivity index (χ0v) is 9.44. The van der Waals surface area contributed by atoms with Crippen LogP contribution in [0.2, 0.25) is 5.02 Å². The summed E-state index contributed by atoms with van der Waals surface area (Å²) in [5, 5.41) is 0.433. The first-order chi connectivity index (χ1) is 8.18. The second kappa shape index (κ2) is 5.14. The van der Waals surface area contributed by atoms with Crippen molar-refractivity contribution in [1.82, 2.24) is 9.55 Å². The summed E-state index contributed by atoms with van der Waals surface area (Å²) < 4.78 is 31.1. The second-order valence-electron chi connectivity index (χ2n) is 3.25. The normalized spacial score (nSPS) is 10.8. The van der Waals surface area contributed by atoms with Gasteiger partial charge in [-0.1, -0.05) is 23.7 Å². The molecule has 0 atom stereocenters. The molecule has 2 aromatic rings. The summed E-state index contributed by atoms with van der Waals surface area (Å²) in [5.74, 6) is 0.595. The van der Waals surface area contributed by atoms with Gasteiger partial charge in [0.25, 0.3) is 0 Å². The summed E-state index contributed by atoms with van der Waals surface area (Å²) >= 11 is 5.87. The molecule has 1 aromatic heterocycles. The van der Waals surface area contributed by atoms with E-state index in [1.165, 1.54) is 12.4 Å². The van der Waals surface area contributed by atoms with E-state index in [-0.39, 0.29) is 12.4 Å². The Labute approximate surface area is 102 Å². The van der Waals surface area contributed by atoms with Gasteiger partial charge in [-0.25, -0.2) is 4.98 Å². The van der Waals surface area contributed by atoms with E-state index in [2.05, 4.69) is 4.98 Å². The number of aromatic nitrogens is 2. The molecule has 0 N–H and O–H groups in total. The zero-order valence-electron chi connectivity index (χ0n) is 8.69. The van der Waals surface area contributed by atoms with Gasteiger partial charge < -0.3 is 4.74 Å². The zero-order chi connectivity index (χ0) is 12.3. The van der Waals surface area contributed by atoms with Crippen molar-refractivity contribution in [2.75, 3.05) is 0 Å². The summed E-state index contributed by atoms with van der Waals surface area (Å²) in [5.41, 5.74) is 0. The van der Waals surface area contributed by atoms with Crippen LogP contribution in [0.4, 0.5) is 8.78 Å². The molecule has 0 saturated heterocycles. The van der Waals surface area contributed by atoms with Gasteiger partial charge in [-0.2, -0.15) is 8.78 Å². The summed E-state index contributed by atoms with van der Waals surface area (Å²) in [6.45, 7) is -2.68. The average Bonchev–Trinajstić information content (AvgIpc) is 2.76. The van der Waals surface area contributed by atoms with Gasteiger partial charge in [-0.3, -0.25) is 4.57 Å². The molecule has 0 spiro atoms. The molecular formula is C11H9ClF2N2O. The standard InChI is InChI=1S/C11H9ClF2N2O/c12-8-3-1-2-4-9(8)17-7-10-15-5-6-16(10)11(13)14/h1-6,11H,7H2. The number of alkyl halides is 2. The van der Waals surface area contributed by atoms with Crippen molar-refractivity contribution in [3.63, 3.8) is 0 Å². The predicted molar refractivity (Wildman–Crippen MR) is 59.3 cm³/mol. The largest absolute Gasteiger partial charge is 0.484 e. The van der Waals surface area contributed by atoms with Crippen LogP contribution < -0.4 is 4.74 Å². The number of para-hydroxylation sites is 1. The Balaban J connectivity index is 2.08. The molecule has 17 heavy (non-hydrogen) atoms. The molecule has 90 valence electrons. The highest BCUT2D eigenvalue weighted by Crippen LogP contribution is 2.24. The van der Waals surface area contributed by atoms with E-state index >= 15 is 0 Å². The van der Waals surface area contributed by atoms with Crippen LogP contribution in [0, 0.1) is 0 Å². The van der Waals surface area contributed by atoms with Crippen molar-refractivity contribution in [1.29, 1.82) is 0 Å². The summed E-state index contributed by atoms with van der Waals surface area (Å²) in [7, 11) is 0. The van der Waals surface area contributed by atoms with Gasteiger partial charge in [0.05, 0.1) is 5.02 Å². The Morgan fingerprint density at radius 1 is 1.35 bits per heavy atom. The van der Waals surface area contributed by atoms with Gasteiger partial charge in [0.2, 0.25) is 0 Å². The molecule has 0 radical (unpaired) electrons. The highest BCUT2D eigenvalue weighted by atomic mass is 35.5. The molecule has 3 nitrogen and oxygen atoms in total. The van der Waals surface area contributed by atoms with Gasteiger partial charge in [0.1, 0.15) is 12.4 Å². The minimum absolute atomic E-state index is 0.0545. The maximum atomic E-state index is 12.5. The Hall–Kier alpha value is -1.62. The monoisotopic (exact) mass is 258 g/mol. The highest BCUT2D eigenvalue weighted by molar-refractivity contribution is 6.32. The van der Waals surface area contributed by atoms with Crippen molar-refractivity contribution in [3.05, 3.63) is 47.5 Å². The number of ether oxygens (including phenoxy) is 1. The molecule has 0 aliphatic rings. The lowest BCUT2D eigenvalue weighted by atomic mass is 10.3. The van der Waals surface area contributed by atoms with E-state index in [0.717, 1.165) is 4.57 Å². The summed E-state index contributed by atoms with van der Waals surface area (Å²) in [6, 6.07) is 6.84. The van der Waals surface area contributed by atoms with Gasteiger partial charge in [0.15, 0.2) is 5.82 Å². The molecule has 1 aromatic carbocycles. The maximum absolute atomic E-state index is 12.5. The maximum Gasteiger partial charge on any atom is 0.320 e. The first-order valence-corrected chi connectivity index (χ1v) is 5.23. The first-order valence-electron chi connectivity index (χ1n) is 4.85. The molecule has 0 saturated carbocycles.